The zero-order valence-corrected chi connectivity index (χ0v) is 15.1. The van der Waals surface area contributed by atoms with E-state index in [1.165, 1.54) is 44.4 Å². The topological polar surface area (TPSA) is 57.6 Å². The molecule has 0 amide bonds. The molecule has 0 atom stereocenters. The van der Waals surface area contributed by atoms with Gasteiger partial charge in [-0.3, -0.25) is 0 Å². The summed E-state index contributed by atoms with van der Waals surface area (Å²) in [4.78, 5) is 4.80. The fourth-order valence-corrected chi connectivity index (χ4v) is 4.96. The molecule has 2 heterocycles. The molecule has 7 heteroatoms. The first-order valence-corrected chi connectivity index (χ1v) is 10.1. The first-order valence-electron chi connectivity index (χ1n) is 8.68. The first-order chi connectivity index (χ1) is 12.5. The maximum absolute atomic E-state index is 13.0. The summed E-state index contributed by atoms with van der Waals surface area (Å²) in [6, 6.07) is 13.2. The van der Waals surface area contributed by atoms with Gasteiger partial charge in [0.15, 0.2) is 0 Å². The molecule has 0 bridgehead atoms. The van der Waals surface area contributed by atoms with E-state index >= 15 is 0 Å². The van der Waals surface area contributed by atoms with E-state index in [-0.39, 0.29) is 4.90 Å². The number of sulfonamides is 1. The third kappa shape index (κ3) is 3.25. The Kier molecular flexibility index (Phi) is 4.52. The fraction of sp³-hybridized carbons (Fsp3) is 0.263. The lowest BCUT2D eigenvalue weighted by atomic mass is 10.1. The van der Waals surface area contributed by atoms with Gasteiger partial charge in [0.1, 0.15) is 12.4 Å². The number of hydrogen-bond donors (Lipinski definition) is 2. The Balaban J connectivity index is 1.43. The van der Waals surface area contributed by atoms with E-state index in [1.54, 1.807) is 0 Å². The zero-order valence-electron chi connectivity index (χ0n) is 14.3. The van der Waals surface area contributed by atoms with Crippen LogP contribution in [0, 0.1) is 5.82 Å². The number of benzene rings is 2. The number of nitrogens with one attached hydrogen (secondary N) is 2. The molecule has 1 aromatic heterocycles. The van der Waals surface area contributed by atoms with Crippen LogP contribution in [0.2, 0.25) is 0 Å². The quantitative estimate of drug-likeness (QED) is 0.725. The third-order valence-electron chi connectivity index (χ3n) is 5.00. The maximum Gasteiger partial charge on any atom is 0.243 e. The van der Waals surface area contributed by atoms with Gasteiger partial charge >= 0.3 is 0 Å². The van der Waals surface area contributed by atoms with Gasteiger partial charge in [-0.05, 0) is 30.3 Å². The molecule has 1 aliphatic rings. The van der Waals surface area contributed by atoms with Gasteiger partial charge in [0.25, 0.3) is 0 Å². The van der Waals surface area contributed by atoms with Crippen molar-refractivity contribution in [1.29, 1.82) is 0 Å². The average molecular weight is 374 g/mol. The van der Waals surface area contributed by atoms with Crippen molar-refractivity contribution in [3.05, 3.63) is 66.1 Å². The number of fused-ring (bicyclic) bond motifs is 1. The third-order valence-corrected chi connectivity index (χ3v) is 6.91. The summed E-state index contributed by atoms with van der Waals surface area (Å²) in [5, 5.41) is 1.22. The Labute approximate surface area is 152 Å². The number of nitrogens with zero attached hydrogens (tertiary/aromatic N) is 1. The van der Waals surface area contributed by atoms with E-state index < -0.39 is 15.8 Å². The lowest BCUT2D eigenvalue weighted by molar-refractivity contribution is -0.917. The van der Waals surface area contributed by atoms with Crippen molar-refractivity contribution in [3.8, 4) is 0 Å². The monoisotopic (exact) mass is 374 g/mol. The molecule has 2 N–H and O–H groups in total. The van der Waals surface area contributed by atoms with Crippen LogP contribution < -0.4 is 4.90 Å². The van der Waals surface area contributed by atoms with Crippen LogP contribution in [0.4, 0.5) is 4.39 Å². The van der Waals surface area contributed by atoms with Gasteiger partial charge in [0, 0.05) is 22.7 Å². The summed E-state index contributed by atoms with van der Waals surface area (Å²) in [5.74, 6) is -0.433. The van der Waals surface area contributed by atoms with E-state index in [2.05, 4.69) is 17.1 Å². The van der Waals surface area contributed by atoms with Crippen molar-refractivity contribution in [1.82, 2.24) is 9.29 Å². The number of aromatic amines is 1. The molecular weight excluding hydrogens is 353 g/mol. The summed E-state index contributed by atoms with van der Waals surface area (Å²) in [7, 11) is -3.55. The van der Waals surface area contributed by atoms with E-state index in [9.17, 15) is 12.8 Å². The van der Waals surface area contributed by atoms with E-state index in [0.29, 0.717) is 13.1 Å². The Morgan fingerprint density at radius 1 is 1.04 bits per heavy atom. The Morgan fingerprint density at radius 2 is 1.73 bits per heavy atom. The second kappa shape index (κ2) is 6.83. The number of para-hydroxylation sites is 1. The number of hydrogen-bond acceptors (Lipinski definition) is 2. The van der Waals surface area contributed by atoms with Crippen LogP contribution >= 0.6 is 0 Å². The number of rotatable bonds is 4. The summed E-state index contributed by atoms with van der Waals surface area (Å²) < 4.78 is 39.9. The largest absolute Gasteiger partial charge is 0.361 e. The molecule has 2 aromatic carbocycles. The number of aromatic nitrogens is 1. The Hall–Kier alpha value is -2.22. The highest BCUT2D eigenvalue weighted by atomic mass is 32.2. The second-order valence-electron chi connectivity index (χ2n) is 6.64. The number of quaternary nitrogens is 1. The van der Waals surface area contributed by atoms with Gasteiger partial charge in [0.05, 0.1) is 31.1 Å². The minimum absolute atomic E-state index is 0.152. The summed E-state index contributed by atoms with van der Waals surface area (Å²) in [6.07, 6.45) is 2.04. The highest BCUT2D eigenvalue weighted by Gasteiger charge is 2.30. The van der Waals surface area contributed by atoms with E-state index in [4.69, 9.17) is 0 Å². The molecule has 0 unspecified atom stereocenters. The van der Waals surface area contributed by atoms with Gasteiger partial charge in [0.2, 0.25) is 10.0 Å². The van der Waals surface area contributed by atoms with Crippen molar-refractivity contribution in [2.45, 2.75) is 11.4 Å². The van der Waals surface area contributed by atoms with Crippen LogP contribution in [0.25, 0.3) is 10.9 Å². The minimum atomic E-state index is -3.55. The lowest BCUT2D eigenvalue weighted by Gasteiger charge is -2.31. The SMILES string of the molecule is O=S(=O)(c1ccc(F)cc1)N1CC[NH+](Cc2c[nH]c3ccccc23)CC1. The van der Waals surface area contributed by atoms with Crippen LogP contribution in [0.5, 0.6) is 0 Å². The van der Waals surface area contributed by atoms with Gasteiger partial charge < -0.3 is 9.88 Å². The highest BCUT2D eigenvalue weighted by Crippen LogP contribution is 2.18. The van der Waals surface area contributed by atoms with E-state index in [1.807, 2.05) is 18.3 Å². The summed E-state index contributed by atoms with van der Waals surface area (Å²) in [5.41, 5.74) is 2.38. The van der Waals surface area contributed by atoms with Crippen molar-refractivity contribution in [3.63, 3.8) is 0 Å². The van der Waals surface area contributed by atoms with Crippen LogP contribution in [0.15, 0.2) is 59.6 Å². The number of piperazine rings is 1. The van der Waals surface area contributed by atoms with Gasteiger partial charge in [-0.25, -0.2) is 12.8 Å². The number of halogens is 1. The maximum atomic E-state index is 13.0. The van der Waals surface area contributed by atoms with Crippen molar-refractivity contribution >= 4 is 20.9 Å². The Bertz CT molecular complexity index is 1010. The predicted octanol–water partition coefficient (Wildman–Crippen LogP) is 1.40. The fourth-order valence-electron chi connectivity index (χ4n) is 3.52. The first kappa shape index (κ1) is 17.2. The molecular formula is C19H21FN3O2S+. The van der Waals surface area contributed by atoms with Crippen molar-refractivity contribution < 1.29 is 17.7 Å². The van der Waals surface area contributed by atoms with E-state index in [0.717, 1.165) is 25.2 Å². The molecule has 26 heavy (non-hydrogen) atoms. The molecule has 0 saturated carbocycles. The molecule has 3 aromatic rings. The smallest absolute Gasteiger partial charge is 0.243 e. The predicted molar refractivity (Wildman–Crippen MR) is 97.9 cm³/mol. The average Bonchev–Trinajstić information content (AvgIpc) is 3.06. The van der Waals surface area contributed by atoms with Crippen molar-refractivity contribution in [2.24, 2.45) is 0 Å². The van der Waals surface area contributed by atoms with Crippen LogP contribution in [0.1, 0.15) is 5.56 Å². The molecule has 4 rings (SSSR count). The molecule has 136 valence electrons. The van der Waals surface area contributed by atoms with Gasteiger partial charge in [-0.1, -0.05) is 18.2 Å². The summed E-state index contributed by atoms with van der Waals surface area (Å²) in [6.45, 7) is 3.31. The molecule has 1 fully saturated rings. The number of H-pyrrole nitrogens is 1. The summed E-state index contributed by atoms with van der Waals surface area (Å²) >= 11 is 0. The normalized spacial score (nSPS) is 17.0. The zero-order chi connectivity index (χ0) is 18.1. The highest BCUT2D eigenvalue weighted by molar-refractivity contribution is 7.89. The van der Waals surface area contributed by atoms with Crippen molar-refractivity contribution in [2.75, 3.05) is 26.2 Å². The minimum Gasteiger partial charge on any atom is -0.361 e. The van der Waals surface area contributed by atoms with Crippen LogP contribution in [-0.2, 0) is 16.6 Å². The molecule has 1 saturated heterocycles. The van der Waals surface area contributed by atoms with Gasteiger partial charge in [-0.15, -0.1) is 0 Å². The standard InChI is InChI=1S/C19H20FN3O2S/c20-16-5-7-17(8-6-16)26(24,25)23-11-9-22(10-12-23)14-15-13-21-19-4-2-1-3-18(15)19/h1-8,13,21H,9-12,14H2/p+1. The van der Waals surface area contributed by atoms with Gasteiger partial charge in [-0.2, -0.15) is 4.31 Å². The molecule has 0 spiro atoms. The Morgan fingerprint density at radius 3 is 2.46 bits per heavy atom. The van der Waals surface area contributed by atoms with Crippen LogP contribution in [-0.4, -0.2) is 43.9 Å². The van der Waals surface area contributed by atoms with Crippen LogP contribution in [0.3, 0.4) is 0 Å². The molecule has 1 aliphatic heterocycles. The molecule has 5 nitrogen and oxygen atoms in total. The lowest BCUT2D eigenvalue weighted by Crippen LogP contribution is -3.13. The molecule has 0 radical (unpaired) electrons. The molecule has 0 aliphatic carbocycles. The second-order valence-corrected chi connectivity index (χ2v) is 8.58.